The Bertz CT molecular complexity index is 1670. The largest absolute Gasteiger partial charge is 0.497 e. The first-order valence-corrected chi connectivity index (χ1v) is 23.1. The van der Waals surface area contributed by atoms with Crippen molar-refractivity contribution in [2.75, 3.05) is 63.4 Å². The molecule has 278 valence electrons. The van der Waals surface area contributed by atoms with Crippen LogP contribution < -0.4 is 18.9 Å². The summed E-state index contributed by atoms with van der Waals surface area (Å²) in [6, 6.07) is 12.3. The molecule has 2 aromatic rings. The topological polar surface area (TPSA) is 117 Å². The lowest BCUT2D eigenvalue weighted by Crippen LogP contribution is -2.29. The third kappa shape index (κ3) is 9.86. The van der Waals surface area contributed by atoms with Crippen molar-refractivity contribution in [2.45, 2.75) is 78.1 Å². The van der Waals surface area contributed by atoms with Crippen LogP contribution in [0.5, 0.6) is 11.5 Å². The van der Waals surface area contributed by atoms with Gasteiger partial charge in [0.15, 0.2) is 11.4 Å². The molecule has 0 radical (unpaired) electrons. The van der Waals surface area contributed by atoms with Crippen molar-refractivity contribution in [2.24, 2.45) is 0 Å². The van der Waals surface area contributed by atoms with Gasteiger partial charge in [0.05, 0.1) is 36.6 Å². The van der Waals surface area contributed by atoms with Crippen molar-refractivity contribution in [3.63, 3.8) is 0 Å². The van der Waals surface area contributed by atoms with Crippen molar-refractivity contribution in [1.82, 2.24) is 9.44 Å². The molecule has 2 aromatic carbocycles. The summed E-state index contributed by atoms with van der Waals surface area (Å²) in [6.07, 6.45) is 2.68. The monoisotopic (exact) mass is 768 g/mol. The van der Waals surface area contributed by atoms with E-state index in [4.69, 9.17) is 9.47 Å². The van der Waals surface area contributed by atoms with E-state index in [0.29, 0.717) is 37.4 Å². The Kier molecular flexibility index (Phi) is 14.0. The van der Waals surface area contributed by atoms with E-state index >= 15 is 0 Å². The van der Waals surface area contributed by atoms with Crippen LogP contribution in [0.4, 0.5) is 11.4 Å². The average molecular weight is 769 g/mol. The molecule has 0 unspecified atom stereocenters. The van der Waals surface area contributed by atoms with Gasteiger partial charge < -0.3 is 9.47 Å². The molecule has 10 nitrogen and oxygen atoms in total. The Labute approximate surface area is 308 Å². The van der Waals surface area contributed by atoms with Crippen LogP contribution in [-0.4, -0.2) is 101 Å². The maximum atomic E-state index is 12.6. The number of fused-ring (bicyclic) bond motifs is 2. The Hall–Kier alpha value is -2.10. The number of benzene rings is 2. The summed E-state index contributed by atoms with van der Waals surface area (Å²) < 4.78 is 71.1. The lowest BCUT2D eigenvalue weighted by Gasteiger charge is -2.15. The quantitative estimate of drug-likeness (QED) is 0.0907. The Balaban J connectivity index is 1.06. The number of ether oxygens (including phenoxy) is 2. The zero-order valence-corrected chi connectivity index (χ0v) is 34.2. The molecular weight excluding hydrogens is 713 g/mol. The van der Waals surface area contributed by atoms with Gasteiger partial charge in [-0.15, -0.1) is 0 Å². The van der Waals surface area contributed by atoms with Crippen LogP contribution in [0, 0.1) is 0 Å². The van der Waals surface area contributed by atoms with Gasteiger partial charge in [0.25, 0.3) is 0 Å². The summed E-state index contributed by atoms with van der Waals surface area (Å²) >= 11 is 0. The minimum Gasteiger partial charge on any atom is -0.497 e. The van der Waals surface area contributed by atoms with Crippen molar-refractivity contribution in [3.8, 4) is 11.5 Å². The first-order chi connectivity index (χ1) is 23.5. The molecule has 14 heteroatoms. The highest BCUT2D eigenvalue weighted by atomic mass is 33.1. The van der Waals surface area contributed by atoms with Crippen LogP contribution in [0.15, 0.2) is 36.4 Å². The van der Waals surface area contributed by atoms with E-state index in [2.05, 4.69) is 84.4 Å². The molecule has 0 aromatic heterocycles. The lowest BCUT2D eigenvalue weighted by molar-refractivity contribution is -0.439. The molecule has 50 heavy (non-hydrogen) atoms. The fourth-order valence-corrected chi connectivity index (χ4v) is 11.0. The van der Waals surface area contributed by atoms with E-state index in [1.807, 2.05) is 12.1 Å². The summed E-state index contributed by atoms with van der Waals surface area (Å²) in [7, 11) is -0.290. The third-order valence-corrected chi connectivity index (χ3v) is 15.5. The summed E-state index contributed by atoms with van der Waals surface area (Å²) in [5.41, 5.74) is 7.08. The first kappa shape index (κ1) is 40.7. The predicted molar refractivity (Wildman–Crippen MR) is 210 cm³/mol. The number of nitrogens with zero attached hydrogens (tertiary/aromatic N) is 2. The third-order valence-electron chi connectivity index (χ3n) is 10.1. The Morgan fingerprint density at radius 1 is 0.640 bits per heavy atom. The lowest BCUT2D eigenvalue weighted by atomic mass is 9.82. The van der Waals surface area contributed by atoms with Gasteiger partial charge in [-0.25, -0.2) is 26.3 Å². The number of hydrogen-bond donors (Lipinski definition) is 2. The van der Waals surface area contributed by atoms with Gasteiger partial charge in [0, 0.05) is 74.5 Å². The van der Waals surface area contributed by atoms with E-state index in [1.54, 1.807) is 14.2 Å². The minimum absolute atomic E-state index is 0.0920. The zero-order valence-electron chi connectivity index (χ0n) is 30.9. The Morgan fingerprint density at radius 3 is 1.38 bits per heavy atom. The molecule has 2 heterocycles. The molecule has 0 amide bonds. The number of hydrogen-bond acceptors (Lipinski definition) is 8. The molecule has 2 aliphatic rings. The fraction of sp³-hybridized carbons (Fsp3) is 0.611. The molecule has 0 bridgehead atoms. The van der Waals surface area contributed by atoms with Crippen molar-refractivity contribution >= 4 is 64.4 Å². The van der Waals surface area contributed by atoms with Crippen LogP contribution in [0.25, 0.3) is 0 Å². The molecule has 0 aliphatic carbocycles. The van der Waals surface area contributed by atoms with E-state index in [-0.39, 0.29) is 22.3 Å². The van der Waals surface area contributed by atoms with Gasteiger partial charge in [-0.2, -0.15) is 9.15 Å². The number of methoxy groups -OCH3 is 2. The highest BCUT2D eigenvalue weighted by Gasteiger charge is 2.44. The van der Waals surface area contributed by atoms with Crippen molar-refractivity contribution in [1.29, 1.82) is 0 Å². The molecule has 2 N–H and O–H groups in total. The number of sulfonamides is 2. The van der Waals surface area contributed by atoms with Gasteiger partial charge in [-0.3, -0.25) is 0 Å². The molecule has 0 atom stereocenters. The maximum absolute atomic E-state index is 12.6. The smallest absolute Gasteiger partial charge is 0.211 e. The molecule has 0 fully saturated rings. The maximum Gasteiger partial charge on any atom is 0.211 e. The minimum atomic E-state index is -3.36. The summed E-state index contributed by atoms with van der Waals surface area (Å²) in [5, 5.41) is 0. The second kappa shape index (κ2) is 17.2. The van der Waals surface area contributed by atoms with Crippen LogP contribution in [0.3, 0.4) is 0 Å². The number of nitrogens with one attached hydrogen (secondary N) is 2. The van der Waals surface area contributed by atoms with E-state index in [9.17, 15) is 16.8 Å². The van der Waals surface area contributed by atoms with Crippen molar-refractivity contribution < 1.29 is 35.5 Å². The Morgan fingerprint density at radius 2 is 1.02 bits per heavy atom. The highest BCUT2D eigenvalue weighted by molar-refractivity contribution is 8.76. The predicted octanol–water partition coefficient (Wildman–Crippen LogP) is 5.98. The van der Waals surface area contributed by atoms with Crippen LogP contribution in [0.2, 0.25) is 0 Å². The first-order valence-electron chi connectivity index (χ1n) is 17.3. The molecular formula is C36H56N4O6S4+2. The van der Waals surface area contributed by atoms with E-state index < -0.39 is 20.0 Å². The molecule has 2 aliphatic heterocycles. The number of unbranched alkanes of at least 4 members (excludes halogenated alkanes) is 2. The molecule has 0 saturated heterocycles. The highest BCUT2D eigenvalue weighted by Crippen LogP contribution is 2.42. The van der Waals surface area contributed by atoms with Crippen molar-refractivity contribution in [3.05, 3.63) is 47.5 Å². The van der Waals surface area contributed by atoms with E-state index in [1.165, 1.54) is 44.1 Å². The van der Waals surface area contributed by atoms with Crippen LogP contribution >= 0.6 is 21.6 Å². The standard InChI is InChI=1S/C36H56N4O6S4/c1-27-35(3,4)31-25-29(45-7)13-15-33(31)39(27)19-9-11-23-49(41,42)37-17-21-47-48-22-18-38-50(43,44)24-12-10-20-40-28(2)36(5,6)32-26-30(46-8)14-16-34(32)40/h13-16,25-26,37-38H,9-12,17-24H2,1-8H3/q+2. The van der Waals surface area contributed by atoms with Gasteiger partial charge in [0.1, 0.15) is 24.6 Å². The SMILES string of the molecule is COc1ccc2c(c1)C(C)(C)C(C)=[N+]2CCCCS(=O)(=O)NCCSSCCNS(=O)(=O)CCCC[N+]1=C(C)C(C)(C)c2cc(OC)ccc21. The average Bonchev–Trinajstić information content (AvgIpc) is 3.38. The second-order valence-electron chi connectivity index (χ2n) is 14.0. The summed E-state index contributed by atoms with van der Waals surface area (Å²) in [5.74, 6) is 3.07. The summed E-state index contributed by atoms with van der Waals surface area (Å²) in [6.45, 7) is 15.3. The molecule has 0 saturated carbocycles. The number of rotatable bonds is 21. The molecule has 4 rings (SSSR count). The second-order valence-corrected chi connectivity index (χ2v) is 20.5. The van der Waals surface area contributed by atoms with Gasteiger partial charge in [-0.1, -0.05) is 21.6 Å². The summed E-state index contributed by atoms with van der Waals surface area (Å²) in [4.78, 5) is 0. The fourth-order valence-electron chi connectivity index (χ4n) is 6.62. The van der Waals surface area contributed by atoms with E-state index in [0.717, 1.165) is 48.8 Å². The van der Waals surface area contributed by atoms with Crippen LogP contribution in [0.1, 0.15) is 78.4 Å². The zero-order chi connectivity index (χ0) is 36.7. The van der Waals surface area contributed by atoms with Gasteiger partial charge in [-0.05, 0) is 64.8 Å². The van der Waals surface area contributed by atoms with Gasteiger partial charge in [0.2, 0.25) is 31.4 Å². The van der Waals surface area contributed by atoms with Crippen LogP contribution in [-0.2, 0) is 30.9 Å². The molecule has 0 spiro atoms. The van der Waals surface area contributed by atoms with Gasteiger partial charge >= 0.3 is 0 Å². The normalized spacial score (nSPS) is 16.6.